The van der Waals surface area contributed by atoms with Crippen molar-refractivity contribution >= 4 is 55.4 Å². The molecule has 3 amide bonds. The Kier molecular flexibility index (Phi) is 9.29. The van der Waals surface area contributed by atoms with Crippen LogP contribution in [0.2, 0.25) is 0 Å². The predicted molar refractivity (Wildman–Crippen MR) is 167 cm³/mol. The molecule has 12 nitrogen and oxygen atoms in total. The first-order valence-corrected chi connectivity index (χ1v) is 16.0. The van der Waals surface area contributed by atoms with Crippen molar-refractivity contribution < 1.29 is 27.1 Å². The van der Waals surface area contributed by atoms with Gasteiger partial charge in [0.25, 0.3) is 21.5 Å². The van der Waals surface area contributed by atoms with Crippen molar-refractivity contribution in [1.29, 1.82) is 0 Å². The third-order valence-electron chi connectivity index (χ3n) is 7.04. The lowest BCUT2D eigenvalue weighted by molar-refractivity contribution is 0.0383. The minimum Gasteiger partial charge on any atom is -0.388 e. The minimum absolute atomic E-state index is 0.0369. The number of aromatic nitrogens is 1. The normalized spacial score (nSPS) is 13.9. The molecule has 0 radical (unpaired) electrons. The summed E-state index contributed by atoms with van der Waals surface area (Å²) in [6, 6.07) is 10.4. The monoisotopic (exact) mass is 642 g/mol. The first-order valence-electron chi connectivity index (χ1n) is 13.7. The summed E-state index contributed by atoms with van der Waals surface area (Å²) in [5.41, 5.74) is 0.100. The molecule has 44 heavy (non-hydrogen) atoms. The number of fused-ring (bicyclic) bond motifs is 1. The van der Waals surface area contributed by atoms with Crippen LogP contribution in [0.15, 0.2) is 63.7 Å². The minimum atomic E-state index is -4.11. The number of hydrogen-bond acceptors (Lipinski definition) is 9. The van der Waals surface area contributed by atoms with Crippen molar-refractivity contribution in [2.75, 3.05) is 57.1 Å². The first-order chi connectivity index (χ1) is 21.1. The zero-order valence-electron chi connectivity index (χ0n) is 24.0. The van der Waals surface area contributed by atoms with Gasteiger partial charge in [0.2, 0.25) is 0 Å². The Morgan fingerprint density at radius 2 is 1.77 bits per heavy atom. The van der Waals surface area contributed by atoms with E-state index in [2.05, 4.69) is 20.9 Å². The Hall–Kier alpha value is -4.31. The number of pyridine rings is 1. The molecule has 232 valence electrons. The predicted octanol–water partition coefficient (Wildman–Crippen LogP) is 3.11. The van der Waals surface area contributed by atoms with Crippen LogP contribution in [-0.4, -0.2) is 76.3 Å². The van der Waals surface area contributed by atoms with E-state index < -0.39 is 33.3 Å². The molecule has 5 rings (SSSR count). The number of nitrogens with one attached hydrogen (secondary N) is 4. The van der Waals surface area contributed by atoms with E-state index in [0.29, 0.717) is 37.4 Å². The molecule has 2 aromatic heterocycles. The second-order valence-electron chi connectivity index (χ2n) is 10.0. The molecule has 4 aromatic rings. The number of sulfonamides is 1. The average molecular weight is 643 g/mol. The van der Waals surface area contributed by atoms with E-state index in [9.17, 15) is 22.8 Å². The number of ether oxygens (including phenoxy) is 1. The van der Waals surface area contributed by atoms with Gasteiger partial charge in [0.05, 0.1) is 24.5 Å². The van der Waals surface area contributed by atoms with E-state index >= 15 is 4.39 Å². The Labute approximate surface area is 256 Å². The second-order valence-corrected chi connectivity index (χ2v) is 13.2. The number of halogens is 1. The van der Waals surface area contributed by atoms with Crippen LogP contribution in [0.5, 0.6) is 0 Å². The highest BCUT2D eigenvalue weighted by Crippen LogP contribution is 2.24. The molecule has 4 N–H and O–H groups in total. The van der Waals surface area contributed by atoms with E-state index in [0.717, 1.165) is 39.9 Å². The number of urea groups is 1. The molecule has 1 saturated heterocycles. The van der Waals surface area contributed by atoms with Crippen molar-refractivity contribution in [3.8, 4) is 5.69 Å². The summed E-state index contributed by atoms with van der Waals surface area (Å²) in [5, 5.41) is 8.80. The molecule has 0 aliphatic carbocycles. The lowest BCUT2D eigenvalue weighted by Crippen LogP contribution is -2.41. The van der Waals surface area contributed by atoms with E-state index in [1.54, 1.807) is 38.2 Å². The molecule has 2 aromatic carbocycles. The van der Waals surface area contributed by atoms with E-state index in [1.165, 1.54) is 24.4 Å². The summed E-state index contributed by atoms with van der Waals surface area (Å²) in [6.07, 6.45) is 1.29. The number of carbonyl (C=O) groups excluding carboxylic acids is 2. The lowest BCUT2D eigenvalue weighted by atomic mass is 10.1. The Bertz CT molecular complexity index is 1880. The highest BCUT2D eigenvalue weighted by atomic mass is 32.2. The third-order valence-corrected chi connectivity index (χ3v) is 9.86. The maximum absolute atomic E-state index is 15.5. The van der Waals surface area contributed by atoms with Gasteiger partial charge in [-0.1, -0.05) is 0 Å². The standard InChI is InChI=1S/C29H31FN6O6S2/c1-18-3-8-26(43-18)44(40,41)34-29(39)33-20-5-7-25(24(30)16-20)36-17-23(22-15-19(31-2)4-6-21(22)28(36)38)27(37)32-9-10-35-11-13-42-14-12-35/h3-8,15-17,31H,9-14H2,1-2H3,(H,32,37)(H2,33,34,39). The summed E-state index contributed by atoms with van der Waals surface area (Å²) in [5.74, 6) is -1.31. The molecular weight excluding hydrogens is 611 g/mol. The average Bonchev–Trinajstić information content (AvgIpc) is 3.45. The zero-order valence-corrected chi connectivity index (χ0v) is 25.6. The van der Waals surface area contributed by atoms with Gasteiger partial charge in [-0.3, -0.25) is 19.1 Å². The first kappa shape index (κ1) is 31.1. The molecule has 0 atom stereocenters. The Balaban J connectivity index is 1.40. The largest absolute Gasteiger partial charge is 0.388 e. The molecule has 0 bridgehead atoms. The number of rotatable bonds is 9. The molecule has 0 unspecified atom stereocenters. The fourth-order valence-corrected chi connectivity index (χ4v) is 6.96. The fourth-order valence-electron chi connectivity index (χ4n) is 4.77. The number of aryl methyl sites for hydroxylation is 1. The number of hydrogen-bond donors (Lipinski definition) is 4. The molecule has 0 saturated carbocycles. The van der Waals surface area contributed by atoms with Crippen LogP contribution in [0.3, 0.4) is 0 Å². The number of carbonyl (C=O) groups is 2. The van der Waals surface area contributed by atoms with Gasteiger partial charge in [0, 0.05) is 66.4 Å². The van der Waals surface area contributed by atoms with E-state index in [4.69, 9.17) is 4.74 Å². The summed E-state index contributed by atoms with van der Waals surface area (Å²) in [4.78, 5) is 42.2. The number of benzene rings is 2. The third kappa shape index (κ3) is 6.91. The van der Waals surface area contributed by atoms with Crippen molar-refractivity contribution in [2.24, 2.45) is 0 Å². The fraction of sp³-hybridized carbons (Fsp3) is 0.276. The van der Waals surface area contributed by atoms with Crippen LogP contribution in [-0.2, 0) is 14.8 Å². The molecule has 1 aliphatic heterocycles. The summed E-state index contributed by atoms with van der Waals surface area (Å²) >= 11 is 1.00. The Morgan fingerprint density at radius 3 is 2.45 bits per heavy atom. The molecule has 1 aliphatic rings. The number of amides is 3. The number of morpholine rings is 1. The molecule has 0 spiro atoms. The SMILES string of the molecule is CNc1ccc2c(=O)n(-c3ccc(NC(=O)NS(=O)(=O)c4ccc(C)s4)cc3F)cc(C(=O)NCCN3CCOCC3)c2c1. The van der Waals surface area contributed by atoms with Crippen LogP contribution < -0.4 is 26.2 Å². The van der Waals surface area contributed by atoms with Crippen LogP contribution >= 0.6 is 11.3 Å². The molecule has 1 fully saturated rings. The number of nitrogens with zero attached hydrogens (tertiary/aromatic N) is 2. The quantitative estimate of drug-likeness (QED) is 0.218. The van der Waals surface area contributed by atoms with Gasteiger partial charge in [0.1, 0.15) is 10.0 Å². The van der Waals surface area contributed by atoms with Crippen LogP contribution in [0.25, 0.3) is 16.5 Å². The van der Waals surface area contributed by atoms with Gasteiger partial charge in [0.15, 0.2) is 0 Å². The summed E-state index contributed by atoms with van der Waals surface area (Å²) < 4.78 is 48.6. The lowest BCUT2D eigenvalue weighted by Gasteiger charge is -2.26. The topological polar surface area (TPSA) is 151 Å². The van der Waals surface area contributed by atoms with Crippen molar-refractivity contribution in [3.63, 3.8) is 0 Å². The highest BCUT2D eigenvalue weighted by molar-refractivity contribution is 7.92. The van der Waals surface area contributed by atoms with Gasteiger partial charge in [-0.25, -0.2) is 22.3 Å². The second kappa shape index (κ2) is 13.1. The molecule has 3 heterocycles. The van der Waals surface area contributed by atoms with Crippen molar-refractivity contribution in [1.82, 2.24) is 19.5 Å². The van der Waals surface area contributed by atoms with Gasteiger partial charge in [-0.15, -0.1) is 11.3 Å². The Morgan fingerprint density at radius 1 is 1.02 bits per heavy atom. The van der Waals surface area contributed by atoms with Crippen LogP contribution in [0.4, 0.5) is 20.6 Å². The van der Waals surface area contributed by atoms with Crippen molar-refractivity contribution in [2.45, 2.75) is 11.1 Å². The maximum atomic E-state index is 15.5. The number of thiophene rings is 1. The van der Waals surface area contributed by atoms with E-state index in [-0.39, 0.29) is 26.5 Å². The molecule has 15 heteroatoms. The maximum Gasteiger partial charge on any atom is 0.333 e. The van der Waals surface area contributed by atoms with E-state index in [1.807, 2.05) is 4.72 Å². The molecular formula is C29H31FN6O6S2. The zero-order chi connectivity index (χ0) is 31.4. The van der Waals surface area contributed by atoms with Crippen LogP contribution in [0, 0.1) is 12.7 Å². The van der Waals surface area contributed by atoms with Gasteiger partial charge >= 0.3 is 6.03 Å². The van der Waals surface area contributed by atoms with Crippen molar-refractivity contribution in [3.05, 3.63) is 81.3 Å². The van der Waals surface area contributed by atoms with Gasteiger partial charge < -0.3 is 20.7 Å². The highest BCUT2D eigenvalue weighted by Gasteiger charge is 2.21. The smallest absolute Gasteiger partial charge is 0.333 e. The summed E-state index contributed by atoms with van der Waals surface area (Å²) in [7, 11) is -2.39. The van der Waals surface area contributed by atoms with Crippen LogP contribution in [0.1, 0.15) is 15.2 Å². The van der Waals surface area contributed by atoms with Gasteiger partial charge in [-0.2, -0.15) is 0 Å². The number of anilines is 2. The van der Waals surface area contributed by atoms with Gasteiger partial charge in [-0.05, 0) is 55.5 Å². The summed E-state index contributed by atoms with van der Waals surface area (Å²) in [6.45, 7) is 5.53.